The van der Waals surface area contributed by atoms with Crippen molar-refractivity contribution in [3.05, 3.63) is 17.0 Å². The lowest BCUT2D eigenvalue weighted by atomic mass is 10.2. The molecule has 84 valence electrons. The number of aryl methyl sites for hydroxylation is 1. The lowest BCUT2D eigenvalue weighted by Gasteiger charge is -2.05. The third kappa shape index (κ3) is 4.98. The van der Waals surface area contributed by atoms with Gasteiger partial charge in [0.05, 0.1) is 0 Å². The Labute approximate surface area is 96.3 Å². The van der Waals surface area contributed by atoms with Crippen molar-refractivity contribution in [2.24, 2.45) is 0 Å². The molecule has 0 aromatic carbocycles. The highest BCUT2D eigenvalue weighted by Crippen LogP contribution is 2.10. The van der Waals surface area contributed by atoms with E-state index in [0.717, 1.165) is 18.1 Å². The predicted octanol–water partition coefficient (Wildman–Crippen LogP) is 3.43. The van der Waals surface area contributed by atoms with E-state index < -0.39 is 0 Å². The fourth-order valence-corrected chi connectivity index (χ4v) is 1.62. The van der Waals surface area contributed by atoms with Crippen molar-refractivity contribution in [2.75, 3.05) is 11.9 Å². The summed E-state index contributed by atoms with van der Waals surface area (Å²) in [7, 11) is 0. The van der Waals surface area contributed by atoms with Gasteiger partial charge in [-0.15, -0.1) is 0 Å². The van der Waals surface area contributed by atoms with Crippen LogP contribution < -0.4 is 5.32 Å². The average molecular weight is 228 g/mol. The number of rotatable bonds is 6. The van der Waals surface area contributed by atoms with Gasteiger partial charge in [0.25, 0.3) is 0 Å². The third-order valence-corrected chi connectivity index (χ3v) is 2.33. The highest BCUT2D eigenvalue weighted by atomic mass is 35.5. The molecular formula is C11H18ClN3. The summed E-state index contributed by atoms with van der Waals surface area (Å²) >= 11 is 5.75. The van der Waals surface area contributed by atoms with Gasteiger partial charge in [0.15, 0.2) is 0 Å². The van der Waals surface area contributed by atoms with Crippen LogP contribution in [0.3, 0.4) is 0 Å². The summed E-state index contributed by atoms with van der Waals surface area (Å²) < 4.78 is 0. The first kappa shape index (κ1) is 12.2. The Balaban J connectivity index is 2.31. The number of halogens is 1. The van der Waals surface area contributed by atoms with Gasteiger partial charge in [-0.05, 0) is 24.9 Å². The first-order chi connectivity index (χ1) is 7.22. The normalized spacial score (nSPS) is 10.3. The van der Waals surface area contributed by atoms with Gasteiger partial charge in [-0.1, -0.05) is 26.2 Å². The molecule has 1 aromatic heterocycles. The van der Waals surface area contributed by atoms with Crippen molar-refractivity contribution >= 4 is 17.4 Å². The Morgan fingerprint density at radius 1 is 1.27 bits per heavy atom. The first-order valence-corrected chi connectivity index (χ1v) is 5.85. The van der Waals surface area contributed by atoms with E-state index >= 15 is 0 Å². The molecule has 0 radical (unpaired) electrons. The highest BCUT2D eigenvalue weighted by Gasteiger charge is 1.98. The summed E-state index contributed by atoms with van der Waals surface area (Å²) in [5.74, 6) is 0.823. The van der Waals surface area contributed by atoms with E-state index in [9.17, 15) is 0 Å². The summed E-state index contributed by atoms with van der Waals surface area (Å²) in [4.78, 5) is 8.10. The van der Waals surface area contributed by atoms with Crippen LogP contribution in [0.25, 0.3) is 0 Å². The van der Waals surface area contributed by atoms with Crippen LogP contribution in [-0.2, 0) is 0 Å². The zero-order valence-corrected chi connectivity index (χ0v) is 10.1. The van der Waals surface area contributed by atoms with Crippen molar-refractivity contribution in [1.29, 1.82) is 0 Å². The Kier molecular flexibility index (Phi) is 5.40. The molecule has 0 bridgehead atoms. The molecule has 0 aliphatic heterocycles. The smallest absolute Gasteiger partial charge is 0.224 e. The molecule has 1 aromatic rings. The van der Waals surface area contributed by atoms with Crippen LogP contribution in [0.5, 0.6) is 0 Å². The van der Waals surface area contributed by atoms with Crippen molar-refractivity contribution in [2.45, 2.75) is 39.5 Å². The first-order valence-electron chi connectivity index (χ1n) is 5.47. The van der Waals surface area contributed by atoms with Crippen molar-refractivity contribution < 1.29 is 0 Å². The molecule has 1 heterocycles. The molecule has 4 heteroatoms. The van der Waals surface area contributed by atoms with E-state index in [-0.39, 0.29) is 0 Å². The number of hydrogen-bond donors (Lipinski definition) is 1. The molecule has 0 fully saturated rings. The van der Waals surface area contributed by atoms with Crippen LogP contribution in [0.4, 0.5) is 5.82 Å². The topological polar surface area (TPSA) is 37.8 Å². The minimum atomic E-state index is 0.311. The third-order valence-electron chi connectivity index (χ3n) is 2.16. The Bertz CT molecular complexity index is 282. The Morgan fingerprint density at radius 2 is 2.07 bits per heavy atom. The molecule has 0 aliphatic carbocycles. The summed E-state index contributed by atoms with van der Waals surface area (Å²) in [5, 5.41) is 3.56. The number of anilines is 1. The van der Waals surface area contributed by atoms with E-state index in [1.807, 2.05) is 13.0 Å². The second-order valence-electron chi connectivity index (χ2n) is 3.65. The van der Waals surface area contributed by atoms with Gasteiger partial charge in [-0.2, -0.15) is 0 Å². The average Bonchev–Trinajstić information content (AvgIpc) is 2.16. The van der Waals surface area contributed by atoms with E-state index in [0.29, 0.717) is 5.28 Å². The lowest BCUT2D eigenvalue weighted by molar-refractivity contribution is 0.684. The van der Waals surface area contributed by atoms with Gasteiger partial charge in [0.1, 0.15) is 5.82 Å². The van der Waals surface area contributed by atoms with E-state index in [2.05, 4.69) is 22.2 Å². The second-order valence-corrected chi connectivity index (χ2v) is 3.99. The molecule has 1 N–H and O–H groups in total. The summed E-state index contributed by atoms with van der Waals surface area (Å²) in [6.45, 7) is 5.07. The highest BCUT2D eigenvalue weighted by molar-refractivity contribution is 6.28. The summed E-state index contributed by atoms with van der Waals surface area (Å²) in [6, 6.07) is 1.91. The molecular weight excluding hydrogens is 210 g/mol. The van der Waals surface area contributed by atoms with Crippen LogP contribution in [-0.4, -0.2) is 16.5 Å². The standard InChI is InChI=1S/C11H18ClN3/c1-3-4-5-6-7-13-10-8-9(2)14-11(12)15-10/h8H,3-7H2,1-2H3,(H,13,14,15). The van der Waals surface area contributed by atoms with E-state index in [4.69, 9.17) is 11.6 Å². The minimum Gasteiger partial charge on any atom is -0.370 e. The molecule has 0 atom stereocenters. The van der Waals surface area contributed by atoms with Crippen LogP contribution in [0, 0.1) is 6.92 Å². The van der Waals surface area contributed by atoms with Crippen molar-refractivity contribution in [3.63, 3.8) is 0 Å². The SMILES string of the molecule is CCCCCCNc1cc(C)nc(Cl)n1. The fourth-order valence-electron chi connectivity index (χ4n) is 1.39. The summed E-state index contributed by atoms with van der Waals surface area (Å²) in [5.41, 5.74) is 0.894. The molecule has 3 nitrogen and oxygen atoms in total. The van der Waals surface area contributed by atoms with Crippen LogP contribution in [0.2, 0.25) is 5.28 Å². The number of hydrogen-bond acceptors (Lipinski definition) is 3. The van der Waals surface area contributed by atoms with E-state index in [1.165, 1.54) is 25.7 Å². The van der Waals surface area contributed by atoms with Crippen LogP contribution in [0.1, 0.15) is 38.3 Å². The number of unbranched alkanes of at least 4 members (excludes halogenated alkanes) is 3. The molecule has 0 aliphatic rings. The van der Waals surface area contributed by atoms with Gasteiger partial charge in [-0.25, -0.2) is 9.97 Å². The molecule has 0 spiro atoms. The molecule has 0 amide bonds. The van der Waals surface area contributed by atoms with Gasteiger partial charge in [-0.3, -0.25) is 0 Å². The maximum atomic E-state index is 5.75. The van der Waals surface area contributed by atoms with Crippen molar-refractivity contribution in [3.8, 4) is 0 Å². The number of nitrogens with zero attached hydrogens (tertiary/aromatic N) is 2. The minimum absolute atomic E-state index is 0.311. The van der Waals surface area contributed by atoms with Crippen LogP contribution in [0.15, 0.2) is 6.07 Å². The number of aromatic nitrogens is 2. The molecule has 0 saturated heterocycles. The monoisotopic (exact) mass is 227 g/mol. The second kappa shape index (κ2) is 6.62. The maximum Gasteiger partial charge on any atom is 0.224 e. The van der Waals surface area contributed by atoms with E-state index in [1.54, 1.807) is 0 Å². The number of nitrogens with one attached hydrogen (secondary N) is 1. The van der Waals surface area contributed by atoms with Gasteiger partial charge < -0.3 is 5.32 Å². The van der Waals surface area contributed by atoms with Gasteiger partial charge in [0.2, 0.25) is 5.28 Å². The molecule has 0 saturated carbocycles. The molecule has 1 rings (SSSR count). The maximum absolute atomic E-state index is 5.75. The fraction of sp³-hybridized carbons (Fsp3) is 0.636. The molecule has 0 unspecified atom stereocenters. The van der Waals surface area contributed by atoms with Crippen molar-refractivity contribution in [1.82, 2.24) is 9.97 Å². The quantitative estimate of drug-likeness (QED) is 0.598. The summed E-state index contributed by atoms with van der Waals surface area (Å²) in [6.07, 6.45) is 5.00. The zero-order valence-electron chi connectivity index (χ0n) is 9.39. The lowest BCUT2D eigenvalue weighted by Crippen LogP contribution is -2.04. The van der Waals surface area contributed by atoms with Gasteiger partial charge in [0, 0.05) is 18.3 Å². The Hall–Kier alpha value is -0.830. The predicted molar refractivity (Wildman–Crippen MR) is 64.4 cm³/mol. The molecule has 15 heavy (non-hydrogen) atoms. The largest absolute Gasteiger partial charge is 0.370 e. The van der Waals surface area contributed by atoms with Crippen LogP contribution >= 0.6 is 11.6 Å². The zero-order chi connectivity index (χ0) is 11.1. The van der Waals surface area contributed by atoms with Gasteiger partial charge >= 0.3 is 0 Å². The Morgan fingerprint density at radius 3 is 2.73 bits per heavy atom.